The second-order valence-electron chi connectivity index (χ2n) is 5.04. The van der Waals surface area contributed by atoms with Crippen molar-refractivity contribution in [2.24, 2.45) is 4.99 Å². The maximum Gasteiger partial charge on any atom is 0.266 e. The fourth-order valence-electron chi connectivity index (χ4n) is 2.28. The number of carbonyl (C=O) groups excluding carboxylic acids is 1. The smallest absolute Gasteiger partial charge is 0.266 e. The van der Waals surface area contributed by atoms with Crippen LogP contribution in [0.25, 0.3) is 6.08 Å². The third-order valence-corrected chi connectivity index (χ3v) is 4.47. The van der Waals surface area contributed by atoms with Crippen LogP contribution in [0.3, 0.4) is 0 Å². The van der Waals surface area contributed by atoms with E-state index in [4.69, 9.17) is 4.74 Å². The average Bonchev–Trinajstić information content (AvgIpc) is 2.90. The minimum atomic E-state index is -0.0343. The first-order chi connectivity index (χ1) is 11.7. The van der Waals surface area contributed by atoms with E-state index in [2.05, 4.69) is 9.98 Å². The molecule has 0 N–H and O–H groups in total. The molecule has 0 aliphatic carbocycles. The molecule has 2 heterocycles. The lowest BCUT2D eigenvalue weighted by molar-refractivity contribution is -0.122. The SMILES string of the molecule is CCN1C(=O)/C(=C/c2cccc(OC)c2)SC1=Nc1cccnc1. The third-order valence-electron chi connectivity index (χ3n) is 3.47. The normalized spacial score (nSPS) is 17.8. The molecule has 0 atom stereocenters. The van der Waals surface area contributed by atoms with Crippen molar-refractivity contribution in [2.45, 2.75) is 6.92 Å². The molecule has 1 amide bonds. The van der Waals surface area contributed by atoms with Gasteiger partial charge in [0.15, 0.2) is 5.17 Å². The molecule has 2 aromatic rings. The van der Waals surface area contributed by atoms with Crippen molar-refractivity contribution in [2.75, 3.05) is 13.7 Å². The van der Waals surface area contributed by atoms with Crippen LogP contribution in [0.1, 0.15) is 12.5 Å². The molecule has 0 unspecified atom stereocenters. The Kier molecular flexibility index (Phi) is 4.96. The zero-order valence-electron chi connectivity index (χ0n) is 13.5. The number of aliphatic imine (C=N–C) groups is 1. The molecule has 5 nitrogen and oxygen atoms in total. The highest BCUT2D eigenvalue weighted by atomic mass is 32.2. The standard InChI is InChI=1S/C18H17N3O2S/c1-3-21-17(22)16(11-13-6-4-8-15(10-13)23-2)24-18(21)20-14-7-5-9-19-12-14/h4-12H,3H2,1-2H3/b16-11-,20-18?. The quantitative estimate of drug-likeness (QED) is 0.797. The summed E-state index contributed by atoms with van der Waals surface area (Å²) in [6.07, 6.45) is 5.24. The molecule has 0 radical (unpaired) electrons. The van der Waals surface area contributed by atoms with Gasteiger partial charge in [-0.3, -0.25) is 14.7 Å². The largest absolute Gasteiger partial charge is 0.497 e. The summed E-state index contributed by atoms with van der Waals surface area (Å²) in [5, 5.41) is 0.671. The Morgan fingerprint density at radius 1 is 1.33 bits per heavy atom. The molecular weight excluding hydrogens is 322 g/mol. The van der Waals surface area contributed by atoms with Crippen LogP contribution in [0, 0.1) is 0 Å². The molecule has 0 bridgehead atoms. The first-order valence-electron chi connectivity index (χ1n) is 7.55. The van der Waals surface area contributed by atoms with Crippen molar-refractivity contribution >= 4 is 34.6 Å². The van der Waals surface area contributed by atoms with Crippen molar-refractivity contribution in [3.05, 3.63) is 59.3 Å². The van der Waals surface area contributed by atoms with Crippen LogP contribution in [-0.4, -0.2) is 34.6 Å². The minimum absolute atomic E-state index is 0.0343. The Labute approximate surface area is 145 Å². The maximum atomic E-state index is 12.6. The van der Waals surface area contributed by atoms with Crippen LogP contribution in [0.5, 0.6) is 5.75 Å². The van der Waals surface area contributed by atoms with Crippen LogP contribution < -0.4 is 4.74 Å². The van der Waals surface area contributed by atoms with Gasteiger partial charge in [0.05, 0.1) is 23.9 Å². The van der Waals surface area contributed by atoms with Gasteiger partial charge in [0.2, 0.25) is 0 Å². The van der Waals surface area contributed by atoms with E-state index in [1.807, 2.05) is 49.4 Å². The fraction of sp³-hybridized carbons (Fsp3) is 0.167. The van der Waals surface area contributed by atoms with Gasteiger partial charge in [-0.15, -0.1) is 0 Å². The monoisotopic (exact) mass is 339 g/mol. The highest BCUT2D eigenvalue weighted by Crippen LogP contribution is 2.34. The minimum Gasteiger partial charge on any atom is -0.497 e. The second-order valence-corrected chi connectivity index (χ2v) is 6.05. The molecule has 24 heavy (non-hydrogen) atoms. The van der Waals surface area contributed by atoms with E-state index in [9.17, 15) is 4.79 Å². The summed E-state index contributed by atoms with van der Waals surface area (Å²) < 4.78 is 5.23. The summed E-state index contributed by atoms with van der Waals surface area (Å²) >= 11 is 1.37. The number of pyridine rings is 1. The van der Waals surface area contributed by atoms with Crippen molar-refractivity contribution in [1.29, 1.82) is 0 Å². The predicted molar refractivity (Wildman–Crippen MR) is 97.3 cm³/mol. The lowest BCUT2D eigenvalue weighted by Gasteiger charge is -2.11. The van der Waals surface area contributed by atoms with Gasteiger partial charge in [-0.05, 0) is 54.6 Å². The summed E-state index contributed by atoms with van der Waals surface area (Å²) in [6, 6.07) is 11.3. The molecular formula is C18H17N3O2S. The number of ether oxygens (including phenoxy) is 1. The van der Waals surface area contributed by atoms with Gasteiger partial charge >= 0.3 is 0 Å². The van der Waals surface area contributed by atoms with Gasteiger partial charge < -0.3 is 4.74 Å². The number of amides is 1. The number of rotatable bonds is 4. The Bertz CT molecular complexity index is 803. The van der Waals surface area contributed by atoms with E-state index in [-0.39, 0.29) is 5.91 Å². The third kappa shape index (κ3) is 3.49. The molecule has 1 aromatic heterocycles. The van der Waals surface area contributed by atoms with Crippen LogP contribution in [0.2, 0.25) is 0 Å². The number of likely N-dealkylation sites (N-methyl/N-ethyl adjacent to an activating group) is 1. The molecule has 3 rings (SSSR count). The number of hydrogen-bond acceptors (Lipinski definition) is 5. The van der Waals surface area contributed by atoms with Gasteiger partial charge in [0.1, 0.15) is 5.75 Å². The molecule has 1 aliphatic heterocycles. The summed E-state index contributed by atoms with van der Waals surface area (Å²) in [7, 11) is 1.62. The van der Waals surface area contributed by atoms with Gasteiger partial charge in [-0.1, -0.05) is 12.1 Å². The molecule has 6 heteroatoms. The Balaban J connectivity index is 1.92. The van der Waals surface area contributed by atoms with E-state index in [0.717, 1.165) is 17.0 Å². The zero-order chi connectivity index (χ0) is 16.9. The predicted octanol–water partition coefficient (Wildman–Crippen LogP) is 3.71. The van der Waals surface area contributed by atoms with Crippen LogP contribution >= 0.6 is 11.8 Å². The van der Waals surface area contributed by atoms with Crippen molar-refractivity contribution in [1.82, 2.24) is 9.88 Å². The Morgan fingerprint density at radius 2 is 2.21 bits per heavy atom. The lowest BCUT2D eigenvalue weighted by atomic mass is 10.2. The van der Waals surface area contributed by atoms with E-state index in [1.165, 1.54) is 11.8 Å². The van der Waals surface area contributed by atoms with E-state index in [1.54, 1.807) is 24.4 Å². The summed E-state index contributed by atoms with van der Waals surface area (Å²) in [5.41, 5.74) is 1.65. The molecule has 0 spiro atoms. The number of aromatic nitrogens is 1. The number of benzene rings is 1. The number of nitrogens with zero attached hydrogens (tertiary/aromatic N) is 3. The summed E-state index contributed by atoms with van der Waals surface area (Å²) in [5.74, 6) is 0.726. The van der Waals surface area contributed by atoms with E-state index < -0.39 is 0 Å². The second kappa shape index (κ2) is 7.31. The van der Waals surface area contributed by atoms with Gasteiger partial charge in [-0.25, -0.2) is 4.99 Å². The van der Waals surface area contributed by atoms with Crippen LogP contribution in [-0.2, 0) is 4.79 Å². The molecule has 1 saturated heterocycles. The summed E-state index contributed by atoms with van der Waals surface area (Å²) in [4.78, 5) is 23.5. The number of hydrogen-bond donors (Lipinski definition) is 0. The van der Waals surface area contributed by atoms with Crippen LogP contribution in [0.15, 0.2) is 58.7 Å². The number of amidine groups is 1. The first-order valence-corrected chi connectivity index (χ1v) is 8.37. The van der Waals surface area contributed by atoms with Crippen molar-refractivity contribution in [3.8, 4) is 5.75 Å². The van der Waals surface area contributed by atoms with Crippen molar-refractivity contribution in [3.63, 3.8) is 0 Å². The summed E-state index contributed by atoms with van der Waals surface area (Å²) in [6.45, 7) is 2.51. The molecule has 0 saturated carbocycles. The van der Waals surface area contributed by atoms with Gasteiger partial charge in [0.25, 0.3) is 5.91 Å². The number of thioether (sulfide) groups is 1. The number of methoxy groups -OCH3 is 1. The average molecular weight is 339 g/mol. The molecule has 1 aromatic carbocycles. The fourth-order valence-corrected chi connectivity index (χ4v) is 3.35. The highest BCUT2D eigenvalue weighted by Gasteiger charge is 2.32. The van der Waals surface area contributed by atoms with E-state index >= 15 is 0 Å². The molecule has 1 aliphatic rings. The molecule has 122 valence electrons. The van der Waals surface area contributed by atoms with Gasteiger partial charge in [0, 0.05) is 12.7 Å². The topological polar surface area (TPSA) is 54.8 Å². The Morgan fingerprint density at radius 3 is 2.92 bits per heavy atom. The van der Waals surface area contributed by atoms with Gasteiger partial charge in [-0.2, -0.15) is 0 Å². The highest BCUT2D eigenvalue weighted by molar-refractivity contribution is 8.18. The Hall–Kier alpha value is -2.60. The first kappa shape index (κ1) is 16.3. The number of carbonyl (C=O) groups is 1. The van der Waals surface area contributed by atoms with Crippen LogP contribution in [0.4, 0.5) is 5.69 Å². The van der Waals surface area contributed by atoms with Crippen molar-refractivity contribution < 1.29 is 9.53 Å². The van der Waals surface area contributed by atoms with E-state index in [0.29, 0.717) is 16.6 Å². The lowest BCUT2D eigenvalue weighted by Crippen LogP contribution is -2.28. The maximum absolute atomic E-state index is 12.6. The zero-order valence-corrected chi connectivity index (χ0v) is 14.3. The molecule has 1 fully saturated rings.